The van der Waals surface area contributed by atoms with Gasteiger partial charge in [-0.3, -0.25) is 9.69 Å². The van der Waals surface area contributed by atoms with E-state index in [1.165, 1.54) is 3.57 Å². The number of benzene rings is 1. The number of rotatable bonds is 3. The number of nitrogens with one attached hydrogen (secondary N) is 1. The van der Waals surface area contributed by atoms with Crippen LogP contribution in [0.3, 0.4) is 0 Å². The van der Waals surface area contributed by atoms with Crippen LogP contribution in [0.2, 0.25) is 0 Å². The quantitative estimate of drug-likeness (QED) is 0.826. The average molecular weight is 374 g/mol. The zero-order valence-electron chi connectivity index (χ0n) is 11.3. The second kappa shape index (κ2) is 6.67. The molecule has 104 valence electrons. The third-order valence-electron chi connectivity index (χ3n) is 3.15. The van der Waals surface area contributed by atoms with Crippen molar-refractivity contribution in [1.29, 1.82) is 0 Å². The van der Waals surface area contributed by atoms with Crippen LogP contribution in [0, 0.1) is 10.5 Å². The van der Waals surface area contributed by atoms with Gasteiger partial charge in [0.15, 0.2) is 0 Å². The van der Waals surface area contributed by atoms with Crippen molar-refractivity contribution < 1.29 is 9.53 Å². The summed E-state index contributed by atoms with van der Waals surface area (Å²) >= 11 is 2.27. The fourth-order valence-corrected chi connectivity index (χ4v) is 2.84. The number of ether oxygens (including phenoxy) is 1. The number of halogens is 1. The van der Waals surface area contributed by atoms with Crippen LogP contribution in [0.5, 0.6) is 0 Å². The van der Waals surface area contributed by atoms with Crippen molar-refractivity contribution >= 4 is 34.2 Å². The predicted octanol–water partition coefficient (Wildman–Crippen LogP) is 2.26. The van der Waals surface area contributed by atoms with Crippen molar-refractivity contribution in [3.8, 4) is 0 Å². The first-order valence-electron chi connectivity index (χ1n) is 6.44. The Labute approximate surface area is 127 Å². The van der Waals surface area contributed by atoms with E-state index in [1.807, 2.05) is 26.0 Å². The van der Waals surface area contributed by atoms with Crippen LogP contribution in [0.15, 0.2) is 18.2 Å². The molecule has 1 fully saturated rings. The van der Waals surface area contributed by atoms with Crippen molar-refractivity contribution in [2.24, 2.45) is 0 Å². The monoisotopic (exact) mass is 374 g/mol. The van der Waals surface area contributed by atoms with E-state index < -0.39 is 0 Å². The van der Waals surface area contributed by atoms with E-state index in [-0.39, 0.29) is 12.0 Å². The topological polar surface area (TPSA) is 41.6 Å². The highest BCUT2D eigenvalue weighted by Crippen LogP contribution is 2.17. The van der Waals surface area contributed by atoms with Crippen molar-refractivity contribution in [3.63, 3.8) is 0 Å². The largest absolute Gasteiger partial charge is 0.376 e. The minimum absolute atomic E-state index is 0.0402. The molecule has 1 amide bonds. The van der Waals surface area contributed by atoms with E-state index >= 15 is 0 Å². The summed E-state index contributed by atoms with van der Waals surface area (Å²) in [6, 6.07) is 6.02. The Bertz CT molecular complexity index is 465. The van der Waals surface area contributed by atoms with Crippen molar-refractivity contribution in [2.45, 2.75) is 20.0 Å². The lowest BCUT2D eigenvalue weighted by Crippen LogP contribution is -2.44. The third-order valence-corrected chi connectivity index (χ3v) is 3.83. The molecule has 1 aromatic rings. The van der Waals surface area contributed by atoms with Gasteiger partial charge in [-0.25, -0.2) is 0 Å². The molecule has 1 heterocycles. The molecule has 1 N–H and O–H groups in total. The van der Waals surface area contributed by atoms with Crippen LogP contribution in [0.4, 0.5) is 5.69 Å². The summed E-state index contributed by atoms with van der Waals surface area (Å²) in [6.45, 7) is 6.82. The number of carbonyl (C=O) groups excluding carboxylic acids is 1. The van der Waals surface area contributed by atoms with E-state index in [2.05, 4.69) is 38.9 Å². The number of morpholine rings is 1. The maximum atomic E-state index is 12.0. The summed E-state index contributed by atoms with van der Waals surface area (Å²) in [5.41, 5.74) is 1.99. The molecule has 1 unspecified atom stereocenters. The Morgan fingerprint density at radius 2 is 2.37 bits per heavy atom. The molecular formula is C14H19IN2O2. The fraction of sp³-hybridized carbons (Fsp3) is 0.500. The smallest absolute Gasteiger partial charge is 0.238 e. The SMILES string of the molecule is Cc1cc(I)ccc1NC(=O)CN1CCOC(C)C1. The van der Waals surface area contributed by atoms with Crippen LogP contribution in [0.25, 0.3) is 0 Å². The number of aryl methyl sites for hydroxylation is 1. The normalized spacial score (nSPS) is 20.3. The summed E-state index contributed by atoms with van der Waals surface area (Å²) in [5.74, 6) is 0.0402. The zero-order valence-corrected chi connectivity index (χ0v) is 13.4. The highest BCUT2D eigenvalue weighted by Gasteiger charge is 2.19. The molecular weight excluding hydrogens is 355 g/mol. The molecule has 1 aliphatic rings. The minimum Gasteiger partial charge on any atom is -0.376 e. The Kier molecular flexibility index (Phi) is 5.18. The Balaban J connectivity index is 1.90. The number of carbonyl (C=O) groups is 1. The molecule has 1 aromatic carbocycles. The maximum absolute atomic E-state index is 12.0. The summed E-state index contributed by atoms with van der Waals surface area (Å²) in [6.07, 6.45) is 0.210. The summed E-state index contributed by atoms with van der Waals surface area (Å²) in [4.78, 5) is 14.2. The van der Waals surface area contributed by atoms with Crippen LogP contribution >= 0.6 is 22.6 Å². The zero-order chi connectivity index (χ0) is 13.8. The number of hydrogen-bond acceptors (Lipinski definition) is 3. The summed E-state index contributed by atoms with van der Waals surface area (Å²) < 4.78 is 6.64. The average Bonchev–Trinajstić information content (AvgIpc) is 2.33. The minimum atomic E-state index is 0.0402. The van der Waals surface area contributed by atoms with E-state index in [0.29, 0.717) is 13.2 Å². The first-order valence-corrected chi connectivity index (χ1v) is 7.52. The molecule has 1 aliphatic heterocycles. The number of amides is 1. The first kappa shape index (κ1) is 14.7. The Morgan fingerprint density at radius 3 is 3.05 bits per heavy atom. The van der Waals surface area contributed by atoms with E-state index in [9.17, 15) is 4.79 Å². The number of nitrogens with zero attached hydrogens (tertiary/aromatic N) is 1. The molecule has 0 radical (unpaired) electrons. The Morgan fingerprint density at radius 1 is 1.58 bits per heavy atom. The molecule has 0 saturated carbocycles. The second-order valence-electron chi connectivity index (χ2n) is 4.92. The molecule has 19 heavy (non-hydrogen) atoms. The summed E-state index contributed by atoms with van der Waals surface area (Å²) in [7, 11) is 0. The van der Waals surface area contributed by atoms with Crippen LogP contribution in [0.1, 0.15) is 12.5 Å². The van der Waals surface area contributed by atoms with Crippen molar-refractivity contribution in [3.05, 3.63) is 27.3 Å². The second-order valence-corrected chi connectivity index (χ2v) is 6.17. The van der Waals surface area contributed by atoms with Gasteiger partial charge in [-0.15, -0.1) is 0 Å². The Hall–Kier alpha value is -0.660. The maximum Gasteiger partial charge on any atom is 0.238 e. The van der Waals surface area contributed by atoms with Gasteiger partial charge in [0.1, 0.15) is 0 Å². The highest BCUT2D eigenvalue weighted by atomic mass is 127. The molecule has 0 aromatic heterocycles. The van der Waals surface area contributed by atoms with E-state index in [4.69, 9.17) is 4.74 Å². The van der Waals surface area contributed by atoms with E-state index in [0.717, 1.165) is 24.3 Å². The molecule has 0 bridgehead atoms. The van der Waals surface area contributed by atoms with Gasteiger partial charge in [0, 0.05) is 22.3 Å². The van der Waals surface area contributed by atoms with Gasteiger partial charge in [0.2, 0.25) is 5.91 Å². The van der Waals surface area contributed by atoms with E-state index in [1.54, 1.807) is 0 Å². The van der Waals surface area contributed by atoms with Gasteiger partial charge in [0.05, 0.1) is 19.3 Å². The predicted molar refractivity (Wildman–Crippen MR) is 84.4 cm³/mol. The van der Waals surface area contributed by atoms with Gasteiger partial charge >= 0.3 is 0 Å². The molecule has 5 heteroatoms. The molecule has 1 atom stereocenters. The third kappa shape index (κ3) is 4.43. The lowest BCUT2D eigenvalue weighted by atomic mass is 10.2. The molecule has 0 aliphatic carbocycles. The van der Waals surface area contributed by atoms with Crippen molar-refractivity contribution in [2.75, 3.05) is 31.6 Å². The van der Waals surface area contributed by atoms with Crippen LogP contribution < -0.4 is 5.32 Å². The standard InChI is InChI=1S/C14H19IN2O2/c1-10-7-12(15)3-4-13(10)16-14(18)9-17-5-6-19-11(2)8-17/h3-4,7,11H,5-6,8-9H2,1-2H3,(H,16,18). The number of anilines is 1. The van der Waals surface area contributed by atoms with Crippen LogP contribution in [-0.4, -0.2) is 43.2 Å². The van der Waals surface area contributed by atoms with Gasteiger partial charge in [0.25, 0.3) is 0 Å². The molecule has 4 nitrogen and oxygen atoms in total. The highest BCUT2D eigenvalue weighted by molar-refractivity contribution is 14.1. The van der Waals surface area contributed by atoms with Gasteiger partial charge in [-0.05, 0) is 60.2 Å². The van der Waals surface area contributed by atoms with Crippen molar-refractivity contribution in [1.82, 2.24) is 4.90 Å². The fourth-order valence-electron chi connectivity index (χ4n) is 2.19. The van der Waals surface area contributed by atoms with Gasteiger partial charge < -0.3 is 10.1 Å². The lowest BCUT2D eigenvalue weighted by Gasteiger charge is -2.30. The summed E-state index contributed by atoms with van der Waals surface area (Å²) in [5, 5.41) is 2.97. The lowest BCUT2D eigenvalue weighted by molar-refractivity contribution is -0.119. The van der Waals surface area contributed by atoms with Gasteiger partial charge in [-0.2, -0.15) is 0 Å². The van der Waals surface area contributed by atoms with Crippen LogP contribution in [-0.2, 0) is 9.53 Å². The number of hydrogen-bond donors (Lipinski definition) is 1. The van der Waals surface area contributed by atoms with Gasteiger partial charge in [-0.1, -0.05) is 0 Å². The molecule has 1 saturated heterocycles. The molecule has 2 rings (SSSR count). The first-order chi connectivity index (χ1) is 9.04. The molecule has 0 spiro atoms.